The summed E-state index contributed by atoms with van der Waals surface area (Å²) in [6.45, 7) is 0. The van der Waals surface area contributed by atoms with E-state index in [0.717, 1.165) is 12.1 Å². The van der Waals surface area contributed by atoms with Gasteiger partial charge in [0.1, 0.15) is 5.75 Å². The Morgan fingerprint density at radius 1 is 1.04 bits per heavy atom. The van der Waals surface area contributed by atoms with Crippen molar-refractivity contribution in [2.45, 2.75) is 6.18 Å². The van der Waals surface area contributed by atoms with Crippen molar-refractivity contribution in [1.82, 2.24) is 9.78 Å². The third-order valence-corrected chi connectivity index (χ3v) is 4.06. The van der Waals surface area contributed by atoms with Crippen molar-refractivity contribution >= 4 is 11.6 Å². The number of hydrogen-bond acceptors (Lipinski definition) is 2. The zero-order valence-corrected chi connectivity index (χ0v) is 14.2. The Balaban J connectivity index is 2.03. The largest absolute Gasteiger partial charge is 0.496 e. The van der Waals surface area contributed by atoms with Crippen molar-refractivity contribution in [3.8, 4) is 28.3 Å². The molecule has 0 aliphatic rings. The Hall–Kier alpha value is -2.47. The van der Waals surface area contributed by atoms with Crippen LogP contribution < -0.4 is 4.74 Å². The zero-order chi connectivity index (χ0) is 18.2. The van der Waals surface area contributed by atoms with E-state index in [1.54, 1.807) is 43.1 Å². The van der Waals surface area contributed by atoms with E-state index in [2.05, 4.69) is 5.10 Å². The number of benzene rings is 2. The second-order valence-corrected chi connectivity index (χ2v) is 5.89. The third-order valence-electron chi connectivity index (χ3n) is 3.83. The normalized spacial score (nSPS) is 11.6. The number of hydrogen-bond donors (Lipinski definition) is 0. The number of nitrogens with zero attached hydrogens (tertiary/aromatic N) is 2. The number of halogens is 4. The Morgan fingerprint density at radius 2 is 1.72 bits per heavy atom. The highest BCUT2D eigenvalue weighted by atomic mass is 35.5. The fourth-order valence-corrected chi connectivity index (χ4v) is 2.75. The van der Waals surface area contributed by atoms with E-state index in [4.69, 9.17) is 16.3 Å². The standard InChI is InChI=1S/C18H14ClF3N2O/c1-24-16(11-3-5-12(6-4-11)18(20,21)22)10-15(23-24)14-9-13(19)7-8-17(14)25-2/h3-10H,1-2H3. The maximum atomic E-state index is 12.7. The Morgan fingerprint density at radius 3 is 2.32 bits per heavy atom. The van der Waals surface area contributed by atoms with Gasteiger partial charge in [-0.05, 0) is 42.0 Å². The molecule has 3 aromatic rings. The van der Waals surface area contributed by atoms with Gasteiger partial charge in [-0.1, -0.05) is 23.7 Å². The monoisotopic (exact) mass is 366 g/mol. The van der Waals surface area contributed by atoms with Crippen LogP contribution in [-0.2, 0) is 13.2 Å². The van der Waals surface area contributed by atoms with E-state index in [-0.39, 0.29) is 0 Å². The molecule has 2 aromatic carbocycles. The molecule has 3 nitrogen and oxygen atoms in total. The highest BCUT2D eigenvalue weighted by Crippen LogP contribution is 2.35. The summed E-state index contributed by atoms with van der Waals surface area (Å²) < 4.78 is 45.1. The molecule has 0 amide bonds. The number of methoxy groups -OCH3 is 1. The van der Waals surface area contributed by atoms with Gasteiger partial charge in [-0.2, -0.15) is 18.3 Å². The summed E-state index contributed by atoms with van der Waals surface area (Å²) in [5.41, 5.74) is 1.97. The first-order valence-electron chi connectivity index (χ1n) is 7.35. The Bertz CT molecular complexity index is 902. The maximum Gasteiger partial charge on any atom is 0.416 e. The number of rotatable bonds is 3. The van der Waals surface area contributed by atoms with Gasteiger partial charge < -0.3 is 4.74 Å². The van der Waals surface area contributed by atoms with E-state index in [9.17, 15) is 13.2 Å². The van der Waals surface area contributed by atoms with Crippen molar-refractivity contribution in [3.63, 3.8) is 0 Å². The summed E-state index contributed by atoms with van der Waals surface area (Å²) in [5, 5.41) is 4.97. The molecule has 1 aromatic heterocycles. The van der Waals surface area contributed by atoms with E-state index >= 15 is 0 Å². The molecule has 3 rings (SSSR count). The lowest BCUT2D eigenvalue weighted by Crippen LogP contribution is -2.04. The van der Waals surface area contributed by atoms with Gasteiger partial charge >= 0.3 is 6.18 Å². The highest BCUT2D eigenvalue weighted by molar-refractivity contribution is 6.31. The van der Waals surface area contributed by atoms with Crippen LogP contribution in [0.15, 0.2) is 48.5 Å². The summed E-state index contributed by atoms with van der Waals surface area (Å²) in [6.07, 6.45) is -4.36. The van der Waals surface area contributed by atoms with Gasteiger partial charge in [-0.3, -0.25) is 4.68 Å². The molecule has 1 heterocycles. The average Bonchev–Trinajstić information content (AvgIpc) is 2.96. The van der Waals surface area contributed by atoms with Crippen LogP contribution in [0.2, 0.25) is 5.02 Å². The SMILES string of the molecule is COc1ccc(Cl)cc1-c1cc(-c2ccc(C(F)(F)F)cc2)n(C)n1. The topological polar surface area (TPSA) is 27.1 Å². The number of alkyl halides is 3. The molecular formula is C18H14ClF3N2O. The molecule has 0 N–H and O–H groups in total. The Kier molecular flexibility index (Phi) is 4.47. The lowest BCUT2D eigenvalue weighted by atomic mass is 10.1. The maximum absolute atomic E-state index is 12.7. The van der Waals surface area contributed by atoms with Crippen molar-refractivity contribution in [3.05, 3.63) is 59.1 Å². The number of ether oxygens (including phenoxy) is 1. The van der Waals surface area contributed by atoms with Crippen LogP contribution in [0.3, 0.4) is 0 Å². The summed E-state index contributed by atoms with van der Waals surface area (Å²) in [5.74, 6) is 0.612. The quantitative estimate of drug-likeness (QED) is 0.617. The number of aromatic nitrogens is 2. The highest BCUT2D eigenvalue weighted by Gasteiger charge is 2.30. The van der Waals surface area contributed by atoms with Gasteiger partial charge in [0.2, 0.25) is 0 Å². The first-order chi connectivity index (χ1) is 11.8. The molecular weight excluding hydrogens is 353 g/mol. The number of aryl methyl sites for hydroxylation is 1. The molecule has 25 heavy (non-hydrogen) atoms. The molecule has 0 fully saturated rings. The van der Waals surface area contributed by atoms with E-state index in [0.29, 0.717) is 33.3 Å². The summed E-state index contributed by atoms with van der Waals surface area (Å²) in [7, 11) is 3.28. The van der Waals surface area contributed by atoms with Gasteiger partial charge in [0, 0.05) is 17.6 Å². The van der Waals surface area contributed by atoms with Crippen LogP contribution in [0.25, 0.3) is 22.5 Å². The first-order valence-corrected chi connectivity index (χ1v) is 7.73. The molecule has 7 heteroatoms. The molecule has 0 unspecified atom stereocenters. The molecule has 0 saturated heterocycles. The average molecular weight is 367 g/mol. The predicted octanol–water partition coefficient (Wildman–Crippen LogP) is 5.43. The summed E-state index contributed by atoms with van der Waals surface area (Å²) in [6, 6.07) is 11.9. The second kappa shape index (κ2) is 6.44. The van der Waals surface area contributed by atoms with Gasteiger partial charge in [0.25, 0.3) is 0 Å². The third kappa shape index (κ3) is 3.49. The molecule has 0 spiro atoms. The van der Waals surface area contributed by atoms with Crippen LogP contribution in [-0.4, -0.2) is 16.9 Å². The first kappa shape index (κ1) is 17.4. The van der Waals surface area contributed by atoms with Crippen molar-refractivity contribution in [1.29, 1.82) is 0 Å². The van der Waals surface area contributed by atoms with Crippen molar-refractivity contribution < 1.29 is 17.9 Å². The summed E-state index contributed by atoms with van der Waals surface area (Å²) >= 11 is 6.05. The molecule has 0 saturated carbocycles. The lowest BCUT2D eigenvalue weighted by molar-refractivity contribution is -0.137. The minimum absolute atomic E-state index is 0.539. The summed E-state index contributed by atoms with van der Waals surface area (Å²) in [4.78, 5) is 0. The molecule has 0 bridgehead atoms. The van der Waals surface area contributed by atoms with Gasteiger partial charge in [0.15, 0.2) is 0 Å². The molecule has 0 atom stereocenters. The van der Waals surface area contributed by atoms with E-state index < -0.39 is 11.7 Å². The molecule has 0 aliphatic carbocycles. The van der Waals surface area contributed by atoms with E-state index in [1.165, 1.54) is 12.1 Å². The van der Waals surface area contributed by atoms with Crippen LogP contribution in [0, 0.1) is 0 Å². The second-order valence-electron chi connectivity index (χ2n) is 5.46. The van der Waals surface area contributed by atoms with Gasteiger partial charge in [-0.25, -0.2) is 0 Å². The van der Waals surface area contributed by atoms with Crippen LogP contribution in [0.4, 0.5) is 13.2 Å². The Labute approximate surface area is 147 Å². The predicted molar refractivity (Wildman–Crippen MR) is 90.6 cm³/mol. The van der Waals surface area contributed by atoms with Crippen molar-refractivity contribution in [2.75, 3.05) is 7.11 Å². The molecule has 130 valence electrons. The minimum atomic E-state index is -4.36. The van der Waals surface area contributed by atoms with E-state index in [1.807, 2.05) is 0 Å². The molecule has 0 radical (unpaired) electrons. The fraction of sp³-hybridized carbons (Fsp3) is 0.167. The minimum Gasteiger partial charge on any atom is -0.496 e. The zero-order valence-electron chi connectivity index (χ0n) is 13.4. The lowest BCUT2D eigenvalue weighted by Gasteiger charge is -2.07. The smallest absolute Gasteiger partial charge is 0.416 e. The van der Waals surface area contributed by atoms with Crippen molar-refractivity contribution in [2.24, 2.45) is 7.05 Å². The van der Waals surface area contributed by atoms with Crippen LogP contribution >= 0.6 is 11.6 Å². The van der Waals surface area contributed by atoms with Gasteiger partial charge in [0.05, 0.1) is 24.1 Å². The van der Waals surface area contributed by atoms with Crippen LogP contribution in [0.5, 0.6) is 5.75 Å². The molecule has 0 aliphatic heterocycles. The van der Waals surface area contributed by atoms with Crippen LogP contribution in [0.1, 0.15) is 5.56 Å². The van der Waals surface area contributed by atoms with Gasteiger partial charge in [-0.15, -0.1) is 0 Å². The fourth-order valence-electron chi connectivity index (χ4n) is 2.58.